The molecule has 1 aromatic rings. The van der Waals surface area contributed by atoms with E-state index in [-0.39, 0.29) is 22.7 Å². The molecule has 0 amide bonds. The van der Waals surface area contributed by atoms with Crippen molar-refractivity contribution in [2.24, 2.45) is 9.98 Å². The maximum absolute atomic E-state index is 10.6. The number of β-amino-alcohol motifs (C(OH)–C–C–N with tert-alkyl or cyclic N) is 2. The van der Waals surface area contributed by atoms with Crippen molar-refractivity contribution >= 4 is 33.9 Å². The van der Waals surface area contributed by atoms with Crippen molar-refractivity contribution in [3.63, 3.8) is 0 Å². The molecule has 0 spiro atoms. The van der Waals surface area contributed by atoms with E-state index in [1.807, 2.05) is 47.8 Å². The van der Waals surface area contributed by atoms with Gasteiger partial charge < -0.3 is 29.5 Å². The third kappa shape index (κ3) is 9.15. The Bertz CT molecular complexity index is 1000. The first-order valence-electron chi connectivity index (χ1n) is 15.2. The third-order valence-electron chi connectivity index (χ3n) is 7.86. The molecule has 0 saturated carbocycles. The van der Waals surface area contributed by atoms with Crippen molar-refractivity contribution in [2.45, 2.75) is 49.4 Å². The second-order valence-corrected chi connectivity index (χ2v) is 16.2. The van der Waals surface area contributed by atoms with Gasteiger partial charge in [0.05, 0.1) is 13.1 Å². The highest BCUT2D eigenvalue weighted by molar-refractivity contribution is 8.15. The van der Waals surface area contributed by atoms with E-state index in [0.717, 1.165) is 75.8 Å². The fourth-order valence-corrected chi connectivity index (χ4v) is 7.56. The molecule has 0 aromatic heterocycles. The summed E-state index contributed by atoms with van der Waals surface area (Å²) in [5.41, 5.74) is 0. The van der Waals surface area contributed by atoms with Gasteiger partial charge in [0.2, 0.25) is 0 Å². The van der Waals surface area contributed by atoms with Gasteiger partial charge in [-0.1, -0.05) is 23.5 Å². The summed E-state index contributed by atoms with van der Waals surface area (Å²) >= 11 is 3.74. The van der Waals surface area contributed by atoms with Gasteiger partial charge in [0, 0.05) is 74.9 Å². The molecule has 0 unspecified atom stereocenters. The SMILES string of the molecule is CC1(C)CN=C(N2CCN(C[C@H](O)COc3ccc(OC[C@H](O)CN4CCN(C5=NCC(C)(C)S5)CC4)cc3)CC2)S1. The molecule has 0 radical (unpaired) electrons. The van der Waals surface area contributed by atoms with Crippen LogP contribution in [0.1, 0.15) is 27.7 Å². The van der Waals surface area contributed by atoms with Gasteiger partial charge in [0.1, 0.15) is 36.9 Å². The lowest BCUT2D eigenvalue weighted by molar-refractivity contribution is 0.0548. The monoisotopic (exact) mass is 620 g/mol. The van der Waals surface area contributed by atoms with Crippen molar-refractivity contribution in [3.8, 4) is 11.5 Å². The second-order valence-electron chi connectivity index (χ2n) is 12.9. The number of hydrogen-bond acceptors (Lipinski definition) is 12. The van der Waals surface area contributed by atoms with Crippen LogP contribution < -0.4 is 9.47 Å². The van der Waals surface area contributed by atoms with Gasteiger partial charge in [-0.05, 0) is 52.0 Å². The van der Waals surface area contributed by atoms with Gasteiger partial charge in [-0.2, -0.15) is 0 Å². The van der Waals surface area contributed by atoms with Gasteiger partial charge in [-0.25, -0.2) is 0 Å². The fourth-order valence-electron chi connectivity index (χ4n) is 5.43. The molecule has 2 atom stereocenters. The molecule has 4 aliphatic heterocycles. The molecule has 2 saturated heterocycles. The van der Waals surface area contributed by atoms with E-state index in [2.05, 4.69) is 47.3 Å². The highest BCUT2D eigenvalue weighted by Gasteiger charge is 2.33. The number of aliphatic hydroxyl groups is 2. The zero-order valence-corrected chi connectivity index (χ0v) is 27.2. The van der Waals surface area contributed by atoms with Gasteiger partial charge in [-0.15, -0.1) is 0 Å². The minimum atomic E-state index is -0.557. The standard InChI is InChI=1S/C30H48N6O4S2/c1-29(2)21-31-27(41-29)35-13-9-33(10-14-35)17-23(37)19-39-25-5-7-26(8-6-25)40-20-24(38)18-34-11-15-36(16-12-34)28-32-22-30(3,4)42-28/h5-8,23-24,37-38H,9-22H2,1-4H3/t23-,24+. The average Bonchev–Trinajstić information content (AvgIpc) is 3.52. The van der Waals surface area contributed by atoms with Crippen LogP contribution >= 0.6 is 23.5 Å². The van der Waals surface area contributed by atoms with Gasteiger partial charge in [0.25, 0.3) is 0 Å². The van der Waals surface area contributed by atoms with Crippen molar-refractivity contribution in [3.05, 3.63) is 24.3 Å². The Morgan fingerprint density at radius 2 is 1.02 bits per heavy atom. The van der Waals surface area contributed by atoms with Crippen molar-refractivity contribution in [2.75, 3.05) is 91.8 Å². The van der Waals surface area contributed by atoms with Crippen LogP contribution in [0.25, 0.3) is 0 Å². The van der Waals surface area contributed by atoms with Crippen LogP contribution in [-0.2, 0) is 0 Å². The molecule has 2 fully saturated rings. The van der Waals surface area contributed by atoms with E-state index in [1.54, 1.807) is 0 Å². The van der Waals surface area contributed by atoms with E-state index in [9.17, 15) is 10.2 Å². The molecule has 4 aliphatic rings. The maximum atomic E-state index is 10.6. The number of ether oxygens (including phenoxy) is 2. The average molecular weight is 621 g/mol. The highest BCUT2D eigenvalue weighted by Crippen LogP contribution is 2.34. The Labute approximate surface area is 259 Å². The van der Waals surface area contributed by atoms with E-state index < -0.39 is 12.2 Å². The number of hydrogen-bond donors (Lipinski definition) is 2. The van der Waals surface area contributed by atoms with E-state index in [1.165, 1.54) is 0 Å². The zero-order valence-electron chi connectivity index (χ0n) is 25.6. The van der Waals surface area contributed by atoms with Crippen LogP contribution in [0.4, 0.5) is 0 Å². The number of aliphatic hydroxyl groups excluding tert-OH is 2. The molecule has 12 heteroatoms. The topological polar surface area (TPSA) is 96.6 Å². The Morgan fingerprint density at radius 1 is 0.667 bits per heavy atom. The molecule has 234 valence electrons. The molecule has 10 nitrogen and oxygen atoms in total. The normalized spacial score (nSPS) is 24.3. The van der Waals surface area contributed by atoms with Crippen LogP contribution in [0.15, 0.2) is 34.3 Å². The molecule has 1 aromatic carbocycles. The Hall–Kier alpha value is -1.70. The van der Waals surface area contributed by atoms with Gasteiger partial charge in [-0.3, -0.25) is 19.8 Å². The Morgan fingerprint density at radius 3 is 1.33 bits per heavy atom. The van der Waals surface area contributed by atoms with Crippen LogP contribution in [0, 0.1) is 0 Å². The summed E-state index contributed by atoms with van der Waals surface area (Å²) in [5, 5.41) is 23.4. The summed E-state index contributed by atoms with van der Waals surface area (Å²) in [6, 6.07) is 7.38. The molecule has 42 heavy (non-hydrogen) atoms. The van der Waals surface area contributed by atoms with Gasteiger partial charge >= 0.3 is 0 Å². The lowest BCUT2D eigenvalue weighted by Gasteiger charge is -2.36. The first-order chi connectivity index (χ1) is 20.0. The highest BCUT2D eigenvalue weighted by atomic mass is 32.2. The fraction of sp³-hybridized carbons (Fsp3) is 0.733. The lowest BCUT2D eigenvalue weighted by atomic mass is 10.2. The summed E-state index contributed by atoms with van der Waals surface area (Å²) in [5.74, 6) is 1.38. The molecular weight excluding hydrogens is 573 g/mol. The van der Waals surface area contributed by atoms with E-state index in [4.69, 9.17) is 19.5 Å². The van der Waals surface area contributed by atoms with E-state index >= 15 is 0 Å². The first kappa shape index (κ1) is 31.7. The van der Waals surface area contributed by atoms with Gasteiger partial charge in [0.15, 0.2) is 10.3 Å². The Balaban J connectivity index is 0.938. The second kappa shape index (κ2) is 13.9. The number of rotatable bonds is 10. The lowest BCUT2D eigenvalue weighted by Crippen LogP contribution is -2.50. The number of amidine groups is 2. The molecule has 2 N–H and O–H groups in total. The quantitative estimate of drug-likeness (QED) is 0.405. The Kier molecular flexibility index (Phi) is 10.5. The minimum Gasteiger partial charge on any atom is -0.491 e. The van der Waals surface area contributed by atoms with Crippen LogP contribution in [0.5, 0.6) is 11.5 Å². The third-order valence-corrected chi connectivity index (χ3v) is 10.4. The molecule has 4 heterocycles. The first-order valence-corrected chi connectivity index (χ1v) is 16.8. The zero-order chi connectivity index (χ0) is 29.7. The smallest absolute Gasteiger partial charge is 0.159 e. The van der Waals surface area contributed by atoms with Crippen LogP contribution in [0.2, 0.25) is 0 Å². The molecular formula is C30H48N6O4S2. The van der Waals surface area contributed by atoms with Crippen molar-refractivity contribution in [1.29, 1.82) is 0 Å². The maximum Gasteiger partial charge on any atom is 0.159 e. The number of benzene rings is 1. The summed E-state index contributed by atoms with van der Waals surface area (Å²) in [4.78, 5) is 18.8. The van der Waals surface area contributed by atoms with Crippen molar-refractivity contribution in [1.82, 2.24) is 19.6 Å². The van der Waals surface area contributed by atoms with Crippen LogP contribution in [-0.4, -0.2) is 154 Å². The number of piperazine rings is 2. The molecule has 5 rings (SSSR count). The minimum absolute atomic E-state index is 0.199. The van der Waals surface area contributed by atoms with E-state index in [0.29, 0.717) is 24.6 Å². The predicted molar refractivity (Wildman–Crippen MR) is 173 cm³/mol. The molecule has 0 aliphatic carbocycles. The number of nitrogens with zero attached hydrogens (tertiary/aromatic N) is 6. The van der Waals surface area contributed by atoms with Crippen molar-refractivity contribution < 1.29 is 19.7 Å². The van der Waals surface area contributed by atoms with Crippen LogP contribution in [0.3, 0.4) is 0 Å². The summed E-state index contributed by atoms with van der Waals surface area (Å²) in [6.45, 7) is 19.8. The molecule has 0 bridgehead atoms. The largest absolute Gasteiger partial charge is 0.491 e. The number of thioether (sulfide) groups is 2. The summed E-state index contributed by atoms with van der Waals surface area (Å²) < 4.78 is 12.1. The summed E-state index contributed by atoms with van der Waals surface area (Å²) in [7, 11) is 0. The predicted octanol–water partition coefficient (Wildman–Crippen LogP) is 2.16. The number of aliphatic imine (C=N–C) groups is 2. The summed E-state index contributed by atoms with van der Waals surface area (Å²) in [6.07, 6.45) is -1.11.